The fraction of sp³-hybridized carbons (Fsp3) is 0.579. The molecule has 4 nitrogen and oxygen atoms in total. The van der Waals surface area contributed by atoms with Crippen molar-refractivity contribution in [2.45, 2.75) is 46.0 Å². The van der Waals surface area contributed by atoms with Gasteiger partial charge in [0.25, 0.3) is 0 Å². The van der Waals surface area contributed by atoms with Gasteiger partial charge in [-0.2, -0.15) is 0 Å². The number of hydrogen-bond donors (Lipinski definition) is 1. The second kappa shape index (κ2) is 7.16. The lowest BCUT2D eigenvalue weighted by Crippen LogP contribution is -2.29. The average molecular weight is 317 g/mol. The highest BCUT2D eigenvalue weighted by Crippen LogP contribution is 2.33. The molecule has 1 heterocycles. The molecule has 2 atom stereocenters. The zero-order valence-corrected chi connectivity index (χ0v) is 14.3. The van der Waals surface area contributed by atoms with Crippen molar-refractivity contribution in [2.75, 3.05) is 13.1 Å². The highest BCUT2D eigenvalue weighted by Gasteiger charge is 2.40. The third-order valence-electron chi connectivity index (χ3n) is 4.53. The molecule has 0 bridgehead atoms. The fourth-order valence-electron chi connectivity index (χ4n) is 3.22. The highest BCUT2D eigenvalue weighted by molar-refractivity contribution is 5.79. The molecule has 1 fully saturated rings. The maximum atomic E-state index is 12.4. The molecule has 4 heteroatoms. The summed E-state index contributed by atoms with van der Waals surface area (Å²) in [5, 5.41) is 9.49. The lowest BCUT2D eigenvalue weighted by Gasteiger charge is -2.20. The van der Waals surface area contributed by atoms with Gasteiger partial charge < -0.3 is 10.0 Å². The number of carboxylic acid groups (broad SMARTS) is 1. The van der Waals surface area contributed by atoms with Gasteiger partial charge in [0.05, 0.1) is 5.92 Å². The molecule has 126 valence electrons. The molecule has 1 aliphatic rings. The van der Waals surface area contributed by atoms with Crippen LogP contribution in [0.15, 0.2) is 30.3 Å². The van der Waals surface area contributed by atoms with Crippen LogP contribution >= 0.6 is 0 Å². The van der Waals surface area contributed by atoms with Crippen LogP contribution in [0, 0.1) is 11.3 Å². The molecule has 1 aromatic carbocycles. The van der Waals surface area contributed by atoms with Crippen LogP contribution in [0.4, 0.5) is 0 Å². The van der Waals surface area contributed by atoms with Crippen molar-refractivity contribution in [1.29, 1.82) is 0 Å². The SMILES string of the molecule is CC(C)(C)CCCC(=O)N1CC(C(=O)O)C(c2ccccc2)C1. The van der Waals surface area contributed by atoms with Crippen LogP contribution in [0.2, 0.25) is 0 Å². The molecular formula is C19H27NO3. The Morgan fingerprint density at radius 1 is 1.17 bits per heavy atom. The molecular weight excluding hydrogens is 290 g/mol. The Hall–Kier alpha value is -1.84. The fourth-order valence-corrected chi connectivity index (χ4v) is 3.22. The van der Waals surface area contributed by atoms with E-state index < -0.39 is 11.9 Å². The quantitative estimate of drug-likeness (QED) is 0.904. The number of aliphatic carboxylic acids is 1. The van der Waals surface area contributed by atoms with E-state index in [1.165, 1.54) is 0 Å². The minimum absolute atomic E-state index is 0.0823. The Bertz CT molecular complexity index is 547. The van der Waals surface area contributed by atoms with Crippen molar-refractivity contribution >= 4 is 11.9 Å². The number of likely N-dealkylation sites (tertiary alicyclic amines) is 1. The summed E-state index contributed by atoms with van der Waals surface area (Å²) in [7, 11) is 0. The van der Waals surface area contributed by atoms with Crippen molar-refractivity contribution in [2.24, 2.45) is 11.3 Å². The van der Waals surface area contributed by atoms with Crippen LogP contribution < -0.4 is 0 Å². The second-order valence-electron chi connectivity index (χ2n) is 7.67. The lowest BCUT2D eigenvalue weighted by molar-refractivity contribution is -0.141. The van der Waals surface area contributed by atoms with Gasteiger partial charge in [-0.3, -0.25) is 9.59 Å². The molecule has 0 aliphatic carbocycles. The molecule has 0 radical (unpaired) electrons. The summed E-state index contributed by atoms with van der Waals surface area (Å²) < 4.78 is 0. The smallest absolute Gasteiger partial charge is 0.308 e. The van der Waals surface area contributed by atoms with Gasteiger partial charge in [-0.1, -0.05) is 51.1 Å². The van der Waals surface area contributed by atoms with Crippen molar-refractivity contribution in [1.82, 2.24) is 4.90 Å². The molecule has 1 aliphatic heterocycles. The third kappa shape index (κ3) is 4.81. The summed E-state index contributed by atoms with van der Waals surface area (Å²) >= 11 is 0. The molecule has 23 heavy (non-hydrogen) atoms. The minimum Gasteiger partial charge on any atom is -0.481 e. The minimum atomic E-state index is -0.816. The lowest BCUT2D eigenvalue weighted by atomic mass is 9.89. The topological polar surface area (TPSA) is 57.6 Å². The summed E-state index contributed by atoms with van der Waals surface area (Å²) in [6.07, 6.45) is 2.36. The maximum absolute atomic E-state index is 12.4. The number of amides is 1. The average Bonchev–Trinajstić information content (AvgIpc) is 2.92. The third-order valence-corrected chi connectivity index (χ3v) is 4.53. The first-order valence-corrected chi connectivity index (χ1v) is 8.33. The van der Waals surface area contributed by atoms with Gasteiger partial charge in [-0.15, -0.1) is 0 Å². The Balaban J connectivity index is 2.00. The van der Waals surface area contributed by atoms with E-state index >= 15 is 0 Å². The summed E-state index contributed by atoms with van der Waals surface area (Å²) in [6, 6.07) is 9.66. The molecule has 2 unspecified atom stereocenters. The molecule has 0 spiro atoms. The maximum Gasteiger partial charge on any atom is 0.308 e. The number of carboxylic acids is 1. The van der Waals surface area contributed by atoms with E-state index in [2.05, 4.69) is 20.8 Å². The van der Waals surface area contributed by atoms with E-state index in [-0.39, 0.29) is 17.2 Å². The standard InChI is InChI=1S/C19H27NO3/c1-19(2,3)11-7-10-17(21)20-12-15(16(13-20)18(22)23)14-8-5-4-6-9-14/h4-6,8-9,15-16H,7,10-13H2,1-3H3,(H,22,23). The van der Waals surface area contributed by atoms with Crippen molar-refractivity contribution in [3.8, 4) is 0 Å². The predicted molar refractivity (Wildman–Crippen MR) is 90.2 cm³/mol. The zero-order valence-electron chi connectivity index (χ0n) is 14.3. The molecule has 1 aromatic rings. The van der Waals surface area contributed by atoms with Gasteiger partial charge in [0.15, 0.2) is 0 Å². The number of carbonyl (C=O) groups excluding carboxylic acids is 1. The molecule has 0 saturated carbocycles. The summed E-state index contributed by atoms with van der Waals surface area (Å²) in [5.41, 5.74) is 1.23. The van der Waals surface area contributed by atoms with Gasteiger partial charge in [0, 0.05) is 25.4 Å². The van der Waals surface area contributed by atoms with Crippen LogP contribution in [0.1, 0.15) is 51.5 Å². The van der Waals surface area contributed by atoms with Crippen LogP contribution in [0.3, 0.4) is 0 Å². The Kier molecular flexibility index (Phi) is 5.45. The van der Waals surface area contributed by atoms with Crippen LogP contribution in [0.25, 0.3) is 0 Å². The number of rotatable bonds is 5. The monoisotopic (exact) mass is 317 g/mol. The van der Waals surface area contributed by atoms with Crippen LogP contribution in [-0.4, -0.2) is 35.0 Å². The van der Waals surface area contributed by atoms with E-state index in [0.29, 0.717) is 19.5 Å². The van der Waals surface area contributed by atoms with E-state index in [4.69, 9.17) is 0 Å². The van der Waals surface area contributed by atoms with Crippen LogP contribution in [0.5, 0.6) is 0 Å². The molecule has 1 amide bonds. The normalized spacial score (nSPS) is 21.4. The first-order valence-electron chi connectivity index (χ1n) is 8.33. The number of benzene rings is 1. The Morgan fingerprint density at radius 3 is 2.39 bits per heavy atom. The zero-order chi connectivity index (χ0) is 17.0. The van der Waals surface area contributed by atoms with Crippen molar-refractivity contribution < 1.29 is 14.7 Å². The van der Waals surface area contributed by atoms with Gasteiger partial charge in [0.1, 0.15) is 0 Å². The first kappa shape index (κ1) is 17.5. The summed E-state index contributed by atoms with van der Waals surface area (Å²) in [5.74, 6) is -1.35. The van der Waals surface area contributed by atoms with Crippen molar-refractivity contribution in [3.05, 3.63) is 35.9 Å². The van der Waals surface area contributed by atoms with E-state index in [9.17, 15) is 14.7 Å². The van der Waals surface area contributed by atoms with E-state index in [1.807, 2.05) is 30.3 Å². The molecule has 0 aromatic heterocycles. The Labute approximate surface area is 138 Å². The van der Waals surface area contributed by atoms with Crippen molar-refractivity contribution in [3.63, 3.8) is 0 Å². The molecule has 1 N–H and O–H groups in total. The summed E-state index contributed by atoms with van der Waals surface area (Å²) in [6.45, 7) is 7.33. The van der Waals surface area contributed by atoms with Crippen LogP contribution in [-0.2, 0) is 9.59 Å². The van der Waals surface area contributed by atoms with E-state index in [0.717, 1.165) is 18.4 Å². The summed E-state index contributed by atoms with van der Waals surface area (Å²) in [4.78, 5) is 25.7. The van der Waals surface area contributed by atoms with Gasteiger partial charge >= 0.3 is 5.97 Å². The molecule has 1 saturated heterocycles. The van der Waals surface area contributed by atoms with Gasteiger partial charge in [0.2, 0.25) is 5.91 Å². The first-order chi connectivity index (χ1) is 10.8. The number of nitrogens with zero attached hydrogens (tertiary/aromatic N) is 1. The number of carbonyl (C=O) groups is 2. The Morgan fingerprint density at radius 2 is 1.83 bits per heavy atom. The second-order valence-corrected chi connectivity index (χ2v) is 7.67. The largest absolute Gasteiger partial charge is 0.481 e. The van der Waals surface area contributed by atoms with Gasteiger partial charge in [-0.25, -0.2) is 0 Å². The van der Waals surface area contributed by atoms with E-state index in [1.54, 1.807) is 4.90 Å². The van der Waals surface area contributed by atoms with Gasteiger partial charge in [-0.05, 0) is 23.8 Å². The predicted octanol–water partition coefficient (Wildman–Crippen LogP) is 3.53. The highest BCUT2D eigenvalue weighted by atomic mass is 16.4. The number of hydrogen-bond acceptors (Lipinski definition) is 2. The molecule has 2 rings (SSSR count).